The molecule has 0 aliphatic carbocycles. The summed E-state index contributed by atoms with van der Waals surface area (Å²) in [7, 11) is -4.41. The SMILES string of the molecule is CC(C)Oc1ccc(Cl)cc1-c1nc(NS(=O)(=O)c2cccc(N3CCCC(C)(C(=O)O)C3)n2)ccc1C(F)(F)F. The first-order valence-corrected chi connectivity index (χ1v) is 14.5. The highest BCUT2D eigenvalue weighted by atomic mass is 35.5. The van der Waals surface area contributed by atoms with E-state index in [1.165, 1.54) is 30.3 Å². The van der Waals surface area contributed by atoms with Gasteiger partial charge >= 0.3 is 12.1 Å². The fraction of sp³-hybridized carbons (Fsp3) is 0.370. The second kappa shape index (κ2) is 11.4. The molecule has 0 spiro atoms. The average molecular weight is 613 g/mol. The predicted octanol–water partition coefficient (Wildman–Crippen LogP) is 6.09. The molecule has 1 aromatic carbocycles. The Balaban J connectivity index is 1.71. The van der Waals surface area contributed by atoms with Gasteiger partial charge in [0.2, 0.25) is 0 Å². The Morgan fingerprint density at radius 2 is 1.90 bits per heavy atom. The van der Waals surface area contributed by atoms with Crippen molar-refractivity contribution in [2.45, 2.75) is 50.9 Å². The highest BCUT2D eigenvalue weighted by molar-refractivity contribution is 7.92. The van der Waals surface area contributed by atoms with Crippen LogP contribution in [0.3, 0.4) is 0 Å². The van der Waals surface area contributed by atoms with Crippen molar-refractivity contribution in [2.24, 2.45) is 5.41 Å². The summed E-state index contributed by atoms with van der Waals surface area (Å²) in [6.45, 7) is 5.64. The fourth-order valence-electron chi connectivity index (χ4n) is 4.52. The molecule has 4 rings (SSSR count). The number of carboxylic acids is 1. The van der Waals surface area contributed by atoms with Crippen molar-refractivity contribution in [3.05, 3.63) is 59.1 Å². The first-order valence-electron chi connectivity index (χ1n) is 12.6. The Bertz CT molecular complexity index is 1570. The first-order chi connectivity index (χ1) is 19.1. The van der Waals surface area contributed by atoms with Crippen LogP contribution in [0.25, 0.3) is 11.3 Å². The molecule has 1 aliphatic heterocycles. The Hall–Kier alpha value is -3.58. The van der Waals surface area contributed by atoms with E-state index in [4.69, 9.17) is 16.3 Å². The molecule has 9 nitrogen and oxygen atoms in total. The molecular formula is C27H28ClF3N4O5S. The topological polar surface area (TPSA) is 122 Å². The van der Waals surface area contributed by atoms with E-state index in [-0.39, 0.29) is 40.6 Å². The van der Waals surface area contributed by atoms with Gasteiger partial charge in [-0.05, 0) is 76.1 Å². The third-order valence-corrected chi connectivity index (χ3v) is 8.01. The maximum atomic E-state index is 14.0. The molecule has 2 aromatic heterocycles. The number of carbonyl (C=O) groups is 1. The van der Waals surface area contributed by atoms with Gasteiger partial charge in [-0.2, -0.15) is 21.6 Å². The molecule has 220 valence electrons. The van der Waals surface area contributed by atoms with Crippen LogP contribution in [0.1, 0.15) is 39.2 Å². The number of halogens is 4. The van der Waals surface area contributed by atoms with E-state index in [0.29, 0.717) is 19.4 Å². The smallest absolute Gasteiger partial charge is 0.418 e. The van der Waals surface area contributed by atoms with Crippen LogP contribution in [-0.4, -0.2) is 48.7 Å². The second-order valence-corrected chi connectivity index (χ2v) is 12.3. The number of nitrogens with one attached hydrogen (secondary N) is 1. The number of carboxylic acid groups (broad SMARTS) is 1. The van der Waals surface area contributed by atoms with E-state index in [1.807, 2.05) is 0 Å². The number of aromatic nitrogens is 2. The summed E-state index contributed by atoms with van der Waals surface area (Å²) in [6.07, 6.45) is -4.15. The van der Waals surface area contributed by atoms with E-state index in [9.17, 15) is 31.5 Å². The van der Waals surface area contributed by atoms with Crippen LogP contribution >= 0.6 is 11.6 Å². The minimum absolute atomic E-state index is 0.0636. The highest BCUT2D eigenvalue weighted by Gasteiger charge is 2.39. The minimum Gasteiger partial charge on any atom is -0.490 e. The lowest BCUT2D eigenvalue weighted by atomic mass is 9.82. The summed E-state index contributed by atoms with van der Waals surface area (Å²) in [4.78, 5) is 21.7. The largest absolute Gasteiger partial charge is 0.490 e. The van der Waals surface area contributed by atoms with Crippen molar-refractivity contribution in [3.63, 3.8) is 0 Å². The van der Waals surface area contributed by atoms with Gasteiger partial charge in [0, 0.05) is 23.7 Å². The van der Waals surface area contributed by atoms with Crippen molar-refractivity contribution in [2.75, 3.05) is 22.7 Å². The second-order valence-electron chi connectivity index (χ2n) is 10.2. The van der Waals surface area contributed by atoms with Gasteiger partial charge in [0.15, 0.2) is 5.03 Å². The van der Waals surface area contributed by atoms with Crippen LogP contribution in [0.4, 0.5) is 24.8 Å². The Morgan fingerprint density at radius 1 is 1.17 bits per heavy atom. The van der Waals surface area contributed by atoms with Gasteiger partial charge in [0.25, 0.3) is 10.0 Å². The van der Waals surface area contributed by atoms with Crippen LogP contribution in [0.5, 0.6) is 5.75 Å². The van der Waals surface area contributed by atoms with E-state index >= 15 is 0 Å². The molecule has 1 atom stereocenters. The van der Waals surface area contributed by atoms with E-state index in [1.54, 1.807) is 31.7 Å². The van der Waals surface area contributed by atoms with E-state index < -0.39 is 43.9 Å². The Labute approximate surface area is 240 Å². The molecule has 0 amide bonds. The van der Waals surface area contributed by atoms with Crippen LogP contribution < -0.4 is 14.4 Å². The third-order valence-electron chi connectivity index (χ3n) is 6.52. The number of alkyl halides is 3. The summed E-state index contributed by atoms with van der Waals surface area (Å²) in [5, 5.41) is 9.34. The number of hydrogen-bond donors (Lipinski definition) is 2. The molecule has 1 saturated heterocycles. The molecule has 14 heteroatoms. The number of nitrogens with zero attached hydrogens (tertiary/aromatic N) is 3. The summed E-state index contributed by atoms with van der Waals surface area (Å²) >= 11 is 6.09. The number of ether oxygens (including phenoxy) is 1. The molecule has 0 radical (unpaired) electrons. The average Bonchev–Trinajstić information content (AvgIpc) is 2.88. The molecule has 41 heavy (non-hydrogen) atoms. The van der Waals surface area contributed by atoms with Gasteiger partial charge in [-0.15, -0.1) is 0 Å². The third kappa shape index (κ3) is 6.84. The first kappa shape index (κ1) is 30.4. The van der Waals surface area contributed by atoms with Crippen molar-refractivity contribution in [1.82, 2.24) is 9.97 Å². The van der Waals surface area contributed by atoms with Crippen molar-refractivity contribution in [3.8, 4) is 17.0 Å². The fourth-order valence-corrected chi connectivity index (χ4v) is 5.66. The van der Waals surface area contributed by atoms with Gasteiger partial charge in [-0.3, -0.25) is 9.52 Å². The quantitative estimate of drug-likeness (QED) is 0.313. The maximum Gasteiger partial charge on any atom is 0.418 e. The molecule has 3 aromatic rings. The zero-order chi connectivity index (χ0) is 30.2. The zero-order valence-corrected chi connectivity index (χ0v) is 23.9. The van der Waals surface area contributed by atoms with Gasteiger partial charge in [-0.1, -0.05) is 17.7 Å². The lowest BCUT2D eigenvalue weighted by molar-refractivity contribution is -0.148. The Kier molecular flexibility index (Phi) is 8.42. The lowest BCUT2D eigenvalue weighted by Crippen LogP contribution is -2.46. The summed E-state index contributed by atoms with van der Waals surface area (Å²) in [6, 6.07) is 10.0. The molecular weight excluding hydrogens is 585 g/mol. The monoisotopic (exact) mass is 612 g/mol. The van der Waals surface area contributed by atoms with E-state index in [0.717, 1.165) is 12.1 Å². The molecule has 1 unspecified atom stereocenters. The van der Waals surface area contributed by atoms with Crippen molar-refractivity contribution in [1.29, 1.82) is 0 Å². The number of rotatable bonds is 8. The lowest BCUT2D eigenvalue weighted by Gasteiger charge is -2.38. The molecule has 1 aliphatic rings. The predicted molar refractivity (Wildman–Crippen MR) is 148 cm³/mol. The number of benzene rings is 1. The van der Waals surface area contributed by atoms with Crippen LogP contribution in [0.2, 0.25) is 5.02 Å². The van der Waals surface area contributed by atoms with E-state index in [2.05, 4.69) is 14.7 Å². The Morgan fingerprint density at radius 3 is 2.56 bits per heavy atom. The molecule has 3 heterocycles. The summed E-state index contributed by atoms with van der Waals surface area (Å²) in [5.74, 6) is -0.993. The molecule has 2 N–H and O–H groups in total. The number of aliphatic carboxylic acids is 1. The van der Waals surface area contributed by atoms with Gasteiger partial charge < -0.3 is 14.7 Å². The van der Waals surface area contributed by atoms with Gasteiger partial charge in [0.05, 0.1) is 22.8 Å². The number of pyridine rings is 2. The normalized spacial score (nSPS) is 17.9. The van der Waals surface area contributed by atoms with Crippen LogP contribution in [-0.2, 0) is 21.0 Å². The van der Waals surface area contributed by atoms with Crippen molar-refractivity contribution >= 4 is 39.2 Å². The molecule has 0 saturated carbocycles. The summed E-state index contributed by atoms with van der Waals surface area (Å²) in [5.41, 5.74) is -2.76. The number of anilines is 2. The molecule has 1 fully saturated rings. The maximum absolute atomic E-state index is 14.0. The zero-order valence-electron chi connectivity index (χ0n) is 22.4. The number of sulfonamides is 1. The van der Waals surface area contributed by atoms with Crippen LogP contribution in [0, 0.1) is 5.41 Å². The van der Waals surface area contributed by atoms with Gasteiger partial charge in [0.1, 0.15) is 17.4 Å². The minimum atomic E-state index is -4.81. The van der Waals surface area contributed by atoms with Crippen molar-refractivity contribution < 1.29 is 36.2 Å². The standard InChI is InChI=1S/C27H28ClF3N4O5S/c1-16(2)40-20-10-8-17(28)14-18(20)24-19(27(29,30)31)9-11-21(32-24)34-41(38,39)23-7-4-6-22(33-23)35-13-5-12-26(3,15-35)25(36)37/h4,6-11,14,16H,5,12-13,15H2,1-3H3,(H,32,34)(H,36,37). The number of hydrogen-bond acceptors (Lipinski definition) is 7. The number of piperidine rings is 1. The van der Waals surface area contributed by atoms with Gasteiger partial charge in [-0.25, -0.2) is 9.97 Å². The highest BCUT2D eigenvalue weighted by Crippen LogP contribution is 2.41. The molecule has 0 bridgehead atoms. The van der Waals surface area contributed by atoms with Crippen LogP contribution in [0.15, 0.2) is 53.6 Å². The summed E-state index contributed by atoms with van der Waals surface area (Å²) < 4.78 is 76.4.